The molecule has 3 unspecified atom stereocenters. The standard InChI is InChI=1S/C63H117NO5/c1-4-7-10-13-16-19-22-25-28-30-31-32-35-38-41-44-47-50-53-56-63(68)69-59(54-51-48-45-42-39-36-33-27-24-21-18-15-12-9-6-3)57-62(67)64-60(58-65)61(66)55-52-49-46-43-40-37-34-29-26-23-20-17-14-11-8-5-2/h18,21,27,33,39,42,48,51,59-61,65-66H,4-17,19-20,22-26,28-32,34-38,40-41,43-47,49-50,52-58H2,1-3H3,(H,64,67)/b21-18-,33-27-,42-39-,51-48-. The molecule has 0 saturated carbocycles. The van der Waals surface area contributed by atoms with Gasteiger partial charge in [0, 0.05) is 12.8 Å². The van der Waals surface area contributed by atoms with Crippen LogP contribution < -0.4 is 5.32 Å². The molecule has 0 fully saturated rings. The van der Waals surface area contributed by atoms with E-state index in [1.165, 1.54) is 212 Å². The molecule has 1 amide bonds. The summed E-state index contributed by atoms with van der Waals surface area (Å²) in [5.74, 6) is -0.560. The Hall–Kier alpha value is -2.18. The third-order valence-corrected chi connectivity index (χ3v) is 13.9. The second-order valence-electron chi connectivity index (χ2n) is 20.8. The molecular formula is C63H117NO5. The number of aliphatic hydroxyl groups excluding tert-OH is 2. The van der Waals surface area contributed by atoms with Crippen LogP contribution in [0.1, 0.15) is 316 Å². The second kappa shape index (κ2) is 56.7. The van der Waals surface area contributed by atoms with E-state index in [0.29, 0.717) is 19.3 Å². The van der Waals surface area contributed by atoms with Crippen LogP contribution in [-0.4, -0.2) is 46.9 Å². The van der Waals surface area contributed by atoms with Crippen LogP contribution in [-0.2, 0) is 14.3 Å². The van der Waals surface area contributed by atoms with Gasteiger partial charge in [0.2, 0.25) is 5.91 Å². The maximum absolute atomic E-state index is 13.3. The first kappa shape index (κ1) is 66.8. The molecule has 0 heterocycles. The molecule has 404 valence electrons. The van der Waals surface area contributed by atoms with Crippen molar-refractivity contribution < 1.29 is 24.5 Å². The Morgan fingerprint density at radius 1 is 0.435 bits per heavy atom. The van der Waals surface area contributed by atoms with Crippen molar-refractivity contribution in [1.82, 2.24) is 5.32 Å². The molecule has 0 aromatic carbocycles. The Kier molecular flexibility index (Phi) is 54.9. The molecule has 0 aliphatic rings. The van der Waals surface area contributed by atoms with Gasteiger partial charge >= 0.3 is 5.97 Å². The van der Waals surface area contributed by atoms with Crippen molar-refractivity contribution in [3.8, 4) is 0 Å². The molecule has 0 saturated heterocycles. The van der Waals surface area contributed by atoms with Gasteiger partial charge in [0.15, 0.2) is 0 Å². The molecule has 3 atom stereocenters. The van der Waals surface area contributed by atoms with Crippen LogP contribution >= 0.6 is 0 Å². The molecule has 0 bridgehead atoms. The van der Waals surface area contributed by atoms with E-state index in [9.17, 15) is 19.8 Å². The number of hydrogen-bond acceptors (Lipinski definition) is 5. The minimum absolute atomic E-state index is 0.00518. The highest BCUT2D eigenvalue weighted by Gasteiger charge is 2.23. The molecule has 0 aromatic heterocycles. The molecule has 0 aliphatic heterocycles. The normalized spacial score (nSPS) is 13.4. The van der Waals surface area contributed by atoms with Crippen molar-refractivity contribution in [1.29, 1.82) is 0 Å². The third kappa shape index (κ3) is 52.0. The zero-order valence-corrected chi connectivity index (χ0v) is 46.2. The van der Waals surface area contributed by atoms with Crippen LogP contribution in [0.15, 0.2) is 48.6 Å². The van der Waals surface area contributed by atoms with Crippen LogP contribution in [0.4, 0.5) is 0 Å². The maximum atomic E-state index is 13.3. The quantitative estimate of drug-likeness (QED) is 0.0321. The second-order valence-corrected chi connectivity index (χ2v) is 20.8. The van der Waals surface area contributed by atoms with Crippen LogP contribution in [0.25, 0.3) is 0 Å². The van der Waals surface area contributed by atoms with Crippen LogP contribution in [0.5, 0.6) is 0 Å². The van der Waals surface area contributed by atoms with Gasteiger partial charge in [-0.2, -0.15) is 0 Å². The van der Waals surface area contributed by atoms with Crippen molar-refractivity contribution in [3.05, 3.63) is 48.6 Å². The average molecular weight is 969 g/mol. The summed E-state index contributed by atoms with van der Waals surface area (Å²) >= 11 is 0. The number of allylic oxidation sites excluding steroid dienone is 7. The van der Waals surface area contributed by atoms with E-state index < -0.39 is 18.2 Å². The van der Waals surface area contributed by atoms with E-state index in [2.05, 4.69) is 68.6 Å². The summed E-state index contributed by atoms with van der Waals surface area (Å²) in [5.41, 5.74) is 0. The van der Waals surface area contributed by atoms with E-state index in [4.69, 9.17) is 4.74 Å². The van der Waals surface area contributed by atoms with Crippen LogP contribution in [0, 0.1) is 0 Å². The zero-order chi connectivity index (χ0) is 50.2. The average Bonchev–Trinajstić information content (AvgIpc) is 3.34. The number of amides is 1. The Bertz CT molecular complexity index is 1180. The van der Waals surface area contributed by atoms with E-state index in [1.54, 1.807) is 0 Å². The highest BCUT2D eigenvalue weighted by atomic mass is 16.5. The fourth-order valence-electron chi connectivity index (χ4n) is 9.30. The van der Waals surface area contributed by atoms with Gasteiger partial charge in [-0.25, -0.2) is 0 Å². The smallest absolute Gasteiger partial charge is 0.306 e. The third-order valence-electron chi connectivity index (χ3n) is 13.9. The zero-order valence-electron chi connectivity index (χ0n) is 46.2. The maximum Gasteiger partial charge on any atom is 0.306 e. The van der Waals surface area contributed by atoms with E-state index >= 15 is 0 Å². The summed E-state index contributed by atoms with van der Waals surface area (Å²) in [5, 5.41) is 23.9. The summed E-state index contributed by atoms with van der Waals surface area (Å²) in [7, 11) is 0. The summed E-state index contributed by atoms with van der Waals surface area (Å²) in [4.78, 5) is 26.3. The van der Waals surface area contributed by atoms with Gasteiger partial charge in [0.05, 0.1) is 25.2 Å². The largest absolute Gasteiger partial charge is 0.461 e. The van der Waals surface area contributed by atoms with Crippen molar-refractivity contribution in [2.45, 2.75) is 334 Å². The van der Waals surface area contributed by atoms with Gasteiger partial charge in [0.1, 0.15) is 6.10 Å². The van der Waals surface area contributed by atoms with Gasteiger partial charge in [0.25, 0.3) is 0 Å². The molecule has 0 aromatic rings. The minimum Gasteiger partial charge on any atom is -0.461 e. The van der Waals surface area contributed by atoms with Crippen LogP contribution in [0.3, 0.4) is 0 Å². The number of carbonyl (C=O) groups excluding carboxylic acids is 2. The lowest BCUT2D eigenvalue weighted by molar-refractivity contribution is -0.150. The molecule has 69 heavy (non-hydrogen) atoms. The summed E-state index contributed by atoms with van der Waals surface area (Å²) in [6.45, 7) is 6.47. The van der Waals surface area contributed by atoms with Crippen molar-refractivity contribution in [3.63, 3.8) is 0 Å². The topological polar surface area (TPSA) is 95.9 Å². The highest BCUT2D eigenvalue weighted by Crippen LogP contribution is 2.18. The molecule has 0 spiro atoms. The van der Waals surface area contributed by atoms with Crippen molar-refractivity contribution >= 4 is 11.9 Å². The molecule has 0 radical (unpaired) electrons. The lowest BCUT2D eigenvalue weighted by atomic mass is 10.0. The summed E-state index contributed by atoms with van der Waals surface area (Å²) in [6.07, 6.45) is 70.6. The van der Waals surface area contributed by atoms with Gasteiger partial charge in [-0.3, -0.25) is 9.59 Å². The predicted molar refractivity (Wildman–Crippen MR) is 301 cm³/mol. The molecule has 0 rings (SSSR count). The lowest BCUT2D eigenvalue weighted by Crippen LogP contribution is -2.46. The van der Waals surface area contributed by atoms with E-state index in [1.807, 2.05) is 6.08 Å². The summed E-state index contributed by atoms with van der Waals surface area (Å²) in [6, 6.07) is -0.730. The fraction of sp³-hybridized carbons (Fsp3) is 0.841. The number of nitrogens with one attached hydrogen (secondary N) is 1. The number of rotatable bonds is 55. The number of esters is 1. The fourth-order valence-corrected chi connectivity index (χ4v) is 9.30. The van der Waals surface area contributed by atoms with E-state index in [-0.39, 0.29) is 24.9 Å². The number of unbranched alkanes of at least 4 members (excludes halogenated alkanes) is 36. The Morgan fingerprint density at radius 2 is 0.768 bits per heavy atom. The Morgan fingerprint density at radius 3 is 1.16 bits per heavy atom. The van der Waals surface area contributed by atoms with E-state index in [0.717, 1.165) is 57.8 Å². The molecule has 3 N–H and O–H groups in total. The molecule has 0 aliphatic carbocycles. The predicted octanol–water partition coefficient (Wildman–Crippen LogP) is 19.0. The minimum atomic E-state index is -0.811. The van der Waals surface area contributed by atoms with Crippen LogP contribution in [0.2, 0.25) is 0 Å². The SMILES string of the molecule is CCCCC/C=C\C/C=C\C/C=C\C/C=C\CC(CC(=O)NC(CO)C(O)CCCCCCCCCCCCCCCCCC)OC(=O)CCCCCCCCCCCCCCCCCCCCC. The Balaban J connectivity index is 4.58. The Labute approximate surface area is 429 Å². The summed E-state index contributed by atoms with van der Waals surface area (Å²) < 4.78 is 5.91. The first-order valence-corrected chi connectivity index (χ1v) is 30.4. The van der Waals surface area contributed by atoms with Crippen molar-refractivity contribution in [2.24, 2.45) is 0 Å². The molecule has 6 nitrogen and oxygen atoms in total. The van der Waals surface area contributed by atoms with Gasteiger partial charge in [-0.1, -0.05) is 301 Å². The number of ether oxygens (including phenoxy) is 1. The van der Waals surface area contributed by atoms with Gasteiger partial charge < -0.3 is 20.3 Å². The lowest BCUT2D eigenvalue weighted by Gasteiger charge is -2.24. The van der Waals surface area contributed by atoms with Gasteiger partial charge in [-0.05, 0) is 44.9 Å². The molecule has 6 heteroatoms. The van der Waals surface area contributed by atoms with Crippen molar-refractivity contribution in [2.75, 3.05) is 6.61 Å². The highest BCUT2D eigenvalue weighted by molar-refractivity contribution is 5.77. The first-order valence-electron chi connectivity index (χ1n) is 30.4. The monoisotopic (exact) mass is 968 g/mol. The number of carbonyl (C=O) groups is 2. The van der Waals surface area contributed by atoms with Gasteiger partial charge in [-0.15, -0.1) is 0 Å². The number of hydrogen-bond donors (Lipinski definition) is 3. The first-order chi connectivity index (χ1) is 34.0. The molecular weight excluding hydrogens is 851 g/mol. The number of aliphatic hydroxyl groups is 2.